The maximum Gasteiger partial charge on any atom is 0.331 e. The third-order valence-corrected chi connectivity index (χ3v) is 9.67. The van der Waals surface area contributed by atoms with Gasteiger partial charge in [0.25, 0.3) is 0 Å². The van der Waals surface area contributed by atoms with Gasteiger partial charge in [-0.1, -0.05) is 39.5 Å². The maximum absolute atomic E-state index is 13.3. The molecule has 11 heteroatoms. The predicted octanol–water partition coefficient (Wildman–Crippen LogP) is 6.71. The van der Waals surface area contributed by atoms with Crippen molar-refractivity contribution in [2.75, 3.05) is 52.8 Å². The number of likely N-dealkylation sites (tertiary alicyclic amines) is 1. The van der Waals surface area contributed by atoms with Crippen molar-refractivity contribution in [3.63, 3.8) is 0 Å². The molecule has 11 nitrogen and oxygen atoms in total. The Morgan fingerprint density at radius 2 is 1.66 bits per heavy atom. The summed E-state index contributed by atoms with van der Waals surface area (Å²) in [6.45, 7) is 12.6. The summed E-state index contributed by atoms with van der Waals surface area (Å²) in [6, 6.07) is 10.7. The number of hydrogen-bond acceptors (Lipinski definition) is 8. The van der Waals surface area contributed by atoms with Gasteiger partial charge in [-0.15, -0.1) is 0 Å². The van der Waals surface area contributed by atoms with Gasteiger partial charge < -0.3 is 35.2 Å². The number of ether oxygens (including phenoxy) is 3. The first kappa shape index (κ1) is 40.6. The summed E-state index contributed by atoms with van der Waals surface area (Å²) >= 11 is 0. The number of amidine groups is 1. The Bertz CT molecular complexity index is 1460. The zero-order chi connectivity index (χ0) is 35.6. The van der Waals surface area contributed by atoms with E-state index in [2.05, 4.69) is 58.4 Å². The van der Waals surface area contributed by atoms with Gasteiger partial charge in [0, 0.05) is 32.2 Å². The number of hydrazine groups is 1. The lowest BCUT2D eigenvalue weighted by molar-refractivity contribution is -0.156. The molecule has 0 bridgehead atoms. The molecule has 0 spiro atoms. The van der Waals surface area contributed by atoms with Crippen molar-refractivity contribution in [1.82, 2.24) is 21.1 Å². The first-order chi connectivity index (χ1) is 23.4. The molecule has 0 aromatic heterocycles. The van der Waals surface area contributed by atoms with Gasteiger partial charge in [-0.2, -0.15) is 0 Å². The molecule has 2 aromatic carbocycles. The summed E-state index contributed by atoms with van der Waals surface area (Å²) in [4.78, 5) is 34.0. The average Bonchev–Trinajstić information content (AvgIpc) is 3.08. The van der Waals surface area contributed by atoms with Gasteiger partial charge >= 0.3 is 12.0 Å². The largest absolute Gasteiger partial charge is 0.493 e. The fourth-order valence-electron chi connectivity index (χ4n) is 6.75. The van der Waals surface area contributed by atoms with E-state index in [0.717, 1.165) is 44.7 Å². The summed E-state index contributed by atoms with van der Waals surface area (Å²) in [6.07, 6.45) is 8.13. The number of nitrogens with zero attached hydrogens (tertiary/aromatic N) is 2. The first-order valence-corrected chi connectivity index (χ1v) is 17.7. The average molecular weight is 697 g/mol. The lowest BCUT2D eigenvalue weighted by Gasteiger charge is -2.39. The van der Waals surface area contributed by atoms with Crippen LogP contribution in [0, 0.1) is 5.41 Å². The number of aryl methyl sites for hydroxylation is 2. The highest BCUT2D eigenvalue weighted by Crippen LogP contribution is 2.34. The fraction of sp³-hybridized carbons (Fsp3) is 0.615. The number of anilines is 1. The van der Waals surface area contributed by atoms with Crippen molar-refractivity contribution in [3.05, 3.63) is 53.1 Å². The van der Waals surface area contributed by atoms with Crippen LogP contribution >= 0.6 is 0 Å². The molecule has 1 unspecified atom stereocenters. The molecule has 1 aliphatic heterocycles. The fourth-order valence-corrected chi connectivity index (χ4v) is 6.75. The molecular formula is C39H64N6O5. The van der Waals surface area contributed by atoms with Crippen LogP contribution in [0.2, 0.25) is 0 Å². The highest BCUT2D eigenvalue weighted by atomic mass is 16.6. The van der Waals surface area contributed by atoms with Crippen LogP contribution < -0.4 is 31.0 Å². The van der Waals surface area contributed by atoms with Gasteiger partial charge in [-0.05, 0) is 114 Å². The standard InChI is InChI=1S/C38H58N6O5.CH4.H2/c1-9-38(5,25-44-20-18-27(19-21-44)29-15-14-26-12-10-11-13-28(26)22-29)35(43-39-6)40-24-31(34(45)49-37(2,3)4)42-36(46)41-30-16-17-32(47-7)33(23-30)48-8;;/h14-17,22-23,27,31,39H,9-13,18-21,24-25H2,1-8H3,(H,40,43)(H2,41,42,46);1H4;1H/t31-,38?;;/m0../s1. The molecular weight excluding hydrogens is 632 g/mol. The van der Waals surface area contributed by atoms with Crippen LogP contribution in [0.15, 0.2) is 41.4 Å². The van der Waals surface area contributed by atoms with Crippen LogP contribution in [0.4, 0.5) is 10.5 Å². The first-order valence-electron chi connectivity index (χ1n) is 17.7. The molecule has 4 N–H and O–H groups in total. The lowest BCUT2D eigenvalue weighted by atomic mass is 9.82. The van der Waals surface area contributed by atoms with Gasteiger partial charge in [0.15, 0.2) is 11.5 Å². The second-order valence-electron chi connectivity index (χ2n) is 14.5. The number of piperidine rings is 1. The van der Waals surface area contributed by atoms with Crippen LogP contribution in [-0.4, -0.2) is 81.8 Å². The molecule has 2 aliphatic rings. The Morgan fingerprint density at radius 3 is 2.28 bits per heavy atom. The van der Waals surface area contributed by atoms with E-state index < -0.39 is 23.6 Å². The van der Waals surface area contributed by atoms with Crippen LogP contribution in [0.3, 0.4) is 0 Å². The Labute approximate surface area is 301 Å². The number of carbonyl (C=O) groups is 2. The Balaban J connectivity index is 0.00000451. The molecule has 2 amide bonds. The number of benzene rings is 2. The summed E-state index contributed by atoms with van der Waals surface area (Å²) in [5.74, 6) is 1.76. The smallest absolute Gasteiger partial charge is 0.331 e. The minimum Gasteiger partial charge on any atom is -0.493 e. The van der Waals surface area contributed by atoms with E-state index in [1.165, 1.54) is 43.9 Å². The van der Waals surface area contributed by atoms with Crippen LogP contribution in [-0.2, 0) is 22.4 Å². The van der Waals surface area contributed by atoms with Crippen molar-refractivity contribution in [2.24, 2.45) is 10.4 Å². The van der Waals surface area contributed by atoms with Crippen LogP contribution in [0.1, 0.15) is 98.2 Å². The number of methoxy groups -OCH3 is 2. The van der Waals surface area contributed by atoms with Crippen molar-refractivity contribution in [1.29, 1.82) is 0 Å². The van der Waals surface area contributed by atoms with E-state index in [9.17, 15) is 9.59 Å². The summed E-state index contributed by atoms with van der Waals surface area (Å²) in [5.41, 5.74) is 10.3. The summed E-state index contributed by atoms with van der Waals surface area (Å²) in [5, 5.41) is 5.56. The topological polar surface area (TPSA) is 126 Å². The molecule has 1 heterocycles. The second kappa shape index (κ2) is 18.4. The molecule has 1 saturated heterocycles. The molecule has 50 heavy (non-hydrogen) atoms. The molecule has 2 aromatic rings. The van der Waals surface area contributed by atoms with Gasteiger partial charge in [-0.25, -0.2) is 15.0 Å². The number of nitrogens with one attached hydrogen (secondary N) is 4. The molecule has 4 rings (SSSR count). The number of rotatable bonds is 13. The zero-order valence-corrected chi connectivity index (χ0v) is 30.8. The lowest BCUT2D eigenvalue weighted by Crippen LogP contribution is -2.52. The van der Waals surface area contributed by atoms with Crippen LogP contribution in [0.5, 0.6) is 11.5 Å². The third-order valence-electron chi connectivity index (χ3n) is 9.67. The van der Waals surface area contributed by atoms with Crippen molar-refractivity contribution >= 4 is 23.5 Å². The minimum absolute atomic E-state index is 0. The Hall–Kier alpha value is -3.83. The number of aliphatic imine (C=N–C) groups is 1. The van der Waals surface area contributed by atoms with E-state index in [0.29, 0.717) is 23.1 Å². The monoisotopic (exact) mass is 696 g/mol. The Kier molecular flexibility index (Phi) is 15.0. The number of fused-ring (bicyclic) bond motifs is 1. The minimum atomic E-state index is -1.03. The van der Waals surface area contributed by atoms with Gasteiger partial charge in [0.05, 0.1) is 20.8 Å². The van der Waals surface area contributed by atoms with E-state index in [-0.39, 0.29) is 20.8 Å². The molecule has 1 aliphatic carbocycles. The van der Waals surface area contributed by atoms with E-state index in [4.69, 9.17) is 19.2 Å². The quantitative estimate of drug-likeness (QED) is 0.0788. The highest BCUT2D eigenvalue weighted by Gasteiger charge is 2.34. The summed E-state index contributed by atoms with van der Waals surface area (Å²) < 4.78 is 16.3. The zero-order valence-electron chi connectivity index (χ0n) is 30.8. The molecule has 0 saturated carbocycles. The van der Waals surface area contributed by atoms with Crippen molar-refractivity contribution in [3.8, 4) is 11.5 Å². The molecule has 1 fully saturated rings. The number of carbonyl (C=O) groups excluding carboxylic acids is 2. The SMILES string of the molecule is C.CCC(C)(CN1CCC(c2ccc3c(c2)CCCC3)CC1)C(=NC[C@H](NC(=O)Nc1ccc(OC)c(OC)c1)C(=O)OC(C)(C)C)NNC.[HH]. The van der Waals surface area contributed by atoms with Gasteiger partial charge in [0.2, 0.25) is 0 Å². The third kappa shape index (κ3) is 11.1. The molecule has 280 valence electrons. The number of hydrogen-bond donors (Lipinski definition) is 4. The molecule has 2 atom stereocenters. The van der Waals surface area contributed by atoms with Gasteiger partial charge in [0.1, 0.15) is 17.5 Å². The van der Waals surface area contributed by atoms with Gasteiger partial charge in [-0.3, -0.25) is 4.99 Å². The normalized spacial score (nSPS) is 17.3. The van der Waals surface area contributed by atoms with E-state index >= 15 is 0 Å². The number of esters is 1. The van der Waals surface area contributed by atoms with Crippen LogP contribution in [0.25, 0.3) is 0 Å². The van der Waals surface area contributed by atoms with E-state index in [1.54, 1.807) is 58.7 Å². The molecule has 0 radical (unpaired) electrons. The summed E-state index contributed by atoms with van der Waals surface area (Å²) in [7, 11) is 4.87. The predicted molar refractivity (Wildman–Crippen MR) is 205 cm³/mol. The second-order valence-corrected chi connectivity index (χ2v) is 14.5. The van der Waals surface area contributed by atoms with Crippen molar-refractivity contribution in [2.45, 2.75) is 105 Å². The number of urea groups is 1. The van der Waals surface area contributed by atoms with E-state index in [1.807, 2.05) is 0 Å². The van der Waals surface area contributed by atoms with Crippen molar-refractivity contribution < 1.29 is 25.2 Å². The number of amides is 2. The maximum atomic E-state index is 13.3. The Morgan fingerprint density at radius 1 is 0.980 bits per heavy atom. The highest BCUT2D eigenvalue weighted by molar-refractivity contribution is 5.93.